The van der Waals surface area contributed by atoms with E-state index in [4.69, 9.17) is 4.74 Å². The van der Waals surface area contributed by atoms with Crippen molar-refractivity contribution in [2.24, 2.45) is 0 Å². The average molecular weight is 486 g/mol. The Morgan fingerprint density at radius 1 is 1.08 bits per heavy atom. The lowest BCUT2D eigenvalue weighted by Gasteiger charge is -2.25. The van der Waals surface area contributed by atoms with Gasteiger partial charge in [0.1, 0.15) is 11.6 Å². The van der Waals surface area contributed by atoms with Crippen LogP contribution in [-0.2, 0) is 16.0 Å². The smallest absolute Gasteiger partial charge is 0.295 e. The first kappa shape index (κ1) is 23.2. The van der Waals surface area contributed by atoms with Crippen LogP contribution in [0.25, 0.3) is 16.7 Å². The second-order valence-electron chi connectivity index (χ2n) is 8.54. The molecule has 5 rings (SSSR count). The van der Waals surface area contributed by atoms with E-state index < -0.39 is 29.3 Å². The number of nitrogens with zero attached hydrogens (tertiary/aromatic N) is 1. The summed E-state index contributed by atoms with van der Waals surface area (Å²) in [5, 5.41) is 22.2. The molecule has 4 aromatic rings. The van der Waals surface area contributed by atoms with Gasteiger partial charge in [-0.05, 0) is 60.0 Å². The quantitative estimate of drug-likeness (QED) is 0.209. The molecule has 1 amide bonds. The number of benzene rings is 3. The third kappa shape index (κ3) is 3.96. The lowest BCUT2D eigenvalue weighted by atomic mass is 9.95. The molecular weight excluding hydrogens is 463 g/mol. The van der Waals surface area contributed by atoms with Crippen LogP contribution in [0.15, 0.2) is 78.5 Å². The standard InChI is InChI=1S/C28H23FN2O5/c1-36-23-14-17(8-11-22(23)32)25-24(26(33)16-6-9-19(29)10-7-16)27(34)28(35)31(25)13-12-18-15-30-21-5-3-2-4-20(18)21/h2-11,14-15,25,30,32-33H,12-13H2,1H3/t25-/m0/s1. The van der Waals surface area contributed by atoms with Gasteiger partial charge in [-0.2, -0.15) is 0 Å². The fraction of sp³-hybridized carbons (Fsp3) is 0.143. The molecule has 36 heavy (non-hydrogen) atoms. The first-order valence-corrected chi connectivity index (χ1v) is 11.3. The monoisotopic (exact) mass is 486 g/mol. The van der Waals surface area contributed by atoms with Crippen LogP contribution in [-0.4, -0.2) is 45.4 Å². The van der Waals surface area contributed by atoms with Gasteiger partial charge in [-0.25, -0.2) is 4.39 Å². The molecule has 1 fully saturated rings. The molecule has 1 saturated heterocycles. The van der Waals surface area contributed by atoms with E-state index in [1.807, 2.05) is 30.5 Å². The fourth-order valence-corrected chi connectivity index (χ4v) is 4.66. The van der Waals surface area contributed by atoms with Crippen molar-refractivity contribution >= 4 is 28.4 Å². The number of likely N-dealkylation sites (tertiary alicyclic amines) is 1. The van der Waals surface area contributed by atoms with Gasteiger partial charge in [0.25, 0.3) is 11.7 Å². The number of aromatic nitrogens is 1. The van der Waals surface area contributed by atoms with Crippen LogP contribution in [0.4, 0.5) is 4.39 Å². The Labute approximate surface area is 206 Å². The van der Waals surface area contributed by atoms with Gasteiger partial charge < -0.3 is 24.8 Å². The second kappa shape index (κ2) is 9.22. The van der Waals surface area contributed by atoms with Crippen molar-refractivity contribution in [1.82, 2.24) is 9.88 Å². The number of rotatable bonds is 6. The van der Waals surface area contributed by atoms with E-state index in [0.717, 1.165) is 16.5 Å². The molecule has 0 radical (unpaired) electrons. The van der Waals surface area contributed by atoms with Gasteiger partial charge in [0.2, 0.25) is 0 Å². The number of Topliss-reactive ketones (excluding diaryl/α,β-unsaturated/α-hetero) is 1. The fourth-order valence-electron chi connectivity index (χ4n) is 4.66. The number of phenolic OH excluding ortho intramolecular Hbond substituents is 1. The number of aromatic hydroxyl groups is 1. The van der Waals surface area contributed by atoms with E-state index in [1.165, 1.54) is 48.4 Å². The number of aliphatic hydroxyl groups excluding tert-OH is 1. The minimum atomic E-state index is -0.935. The number of phenols is 1. The number of hydrogen-bond acceptors (Lipinski definition) is 5. The van der Waals surface area contributed by atoms with Crippen LogP contribution < -0.4 is 4.74 Å². The van der Waals surface area contributed by atoms with Gasteiger partial charge >= 0.3 is 0 Å². The van der Waals surface area contributed by atoms with Gasteiger partial charge in [0.15, 0.2) is 11.5 Å². The molecule has 8 heteroatoms. The Bertz CT molecular complexity index is 1510. The molecular formula is C28H23FN2O5. The molecule has 1 aliphatic rings. The summed E-state index contributed by atoms with van der Waals surface area (Å²) in [6, 6.07) is 16.4. The molecule has 7 nitrogen and oxygen atoms in total. The predicted molar refractivity (Wildman–Crippen MR) is 132 cm³/mol. The van der Waals surface area contributed by atoms with Crippen LogP contribution in [0.2, 0.25) is 0 Å². The van der Waals surface area contributed by atoms with E-state index in [0.29, 0.717) is 12.0 Å². The normalized spacial score (nSPS) is 17.2. The minimum Gasteiger partial charge on any atom is -0.507 e. The minimum absolute atomic E-state index is 0.101. The SMILES string of the molecule is COc1cc([C@H]2C(=C(O)c3ccc(F)cc3)C(=O)C(=O)N2CCc2c[nH]c3ccccc23)ccc1O. The number of fused-ring (bicyclic) bond motifs is 1. The van der Waals surface area contributed by atoms with Crippen molar-refractivity contribution in [3.05, 3.63) is 101 Å². The molecule has 0 aliphatic carbocycles. The third-order valence-electron chi connectivity index (χ3n) is 6.47. The van der Waals surface area contributed by atoms with Crippen molar-refractivity contribution in [3.63, 3.8) is 0 Å². The van der Waals surface area contributed by atoms with Crippen LogP contribution in [0, 0.1) is 5.82 Å². The zero-order chi connectivity index (χ0) is 25.4. The summed E-state index contributed by atoms with van der Waals surface area (Å²) < 4.78 is 18.7. The van der Waals surface area contributed by atoms with Gasteiger partial charge in [-0.15, -0.1) is 0 Å². The van der Waals surface area contributed by atoms with Crippen molar-refractivity contribution in [2.75, 3.05) is 13.7 Å². The van der Waals surface area contributed by atoms with E-state index in [-0.39, 0.29) is 29.2 Å². The number of aromatic amines is 1. The van der Waals surface area contributed by atoms with Gasteiger partial charge in [0.05, 0.1) is 18.7 Å². The summed E-state index contributed by atoms with van der Waals surface area (Å²) in [5.41, 5.74) is 2.52. The molecule has 182 valence electrons. The number of hydrogen-bond donors (Lipinski definition) is 3. The maximum atomic E-state index is 13.5. The number of H-pyrrole nitrogens is 1. The molecule has 0 bridgehead atoms. The maximum absolute atomic E-state index is 13.5. The number of methoxy groups -OCH3 is 1. The Kier molecular flexibility index (Phi) is 5.93. The summed E-state index contributed by atoms with van der Waals surface area (Å²) in [4.78, 5) is 31.0. The number of carbonyl (C=O) groups is 2. The molecule has 3 N–H and O–H groups in total. The zero-order valence-corrected chi connectivity index (χ0v) is 19.4. The zero-order valence-electron chi connectivity index (χ0n) is 19.4. The number of ether oxygens (including phenoxy) is 1. The van der Waals surface area contributed by atoms with Gasteiger partial charge in [-0.1, -0.05) is 24.3 Å². The molecule has 1 aromatic heterocycles. The Balaban J connectivity index is 1.59. The van der Waals surface area contributed by atoms with Crippen molar-refractivity contribution in [1.29, 1.82) is 0 Å². The predicted octanol–water partition coefficient (Wildman–Crippen LogP) is 4.69. The highest BCUT2D eigenvalue weighted by Gasteiger charge is 2.46. The van der Waals surface area contributed by atoms with Crippen molar-refractivity contribution in [3.8, 4) is 11.5 Å². The number of ketones is 1. The lowest BCUT2D eigenvalue weighted by molar-refractivity contribution is -0.139. The topological polar surface area (TPSA) is 103 Å². The largest absolute Gasteiger partial charge is 0.507 e. The first-order valence-electron chi connectivity index (χ1n) is 11.3. The van der Waals surface area contributed by atoms with E-state index in [1.54, 1.807) is 6.07 Å². The van der Waals surface area contributed by atoms with Crippen molar-refractivity contribution < 1.29 is 28.9 Å². The average Bonchev–Trinajstić information content (AvgIpc) is 3.41. The van der Waals surface area contributed by atoms with Crippen LogP contribution in [0.3, 0.4) is 0 Å². The van der Waals surface area contributed by atoms with E-state index >= 15 is 0 Å². The van der Waals surface area contributed by atoms with Crippen LogP contribution >= 0.6 is 0 Å². The van der Waals surface area contributed by atoms with E-state index in [9.17, 15) is 24.2 Å². The summed E-state index contributed by atoms with van der Waals surface area (Å²) in [6.45, 7) is 0.195. The second-order valence-corrected chi connectivity index (χ2v) is 8.54. The number of para-hydroxylation sites is 1. The van der Waals surface area contributed by atoms with E-state index in [2.05, 4.69) is 4.98 Å². The molecule has 0 saturated carbocycles. The molecule has 3 aromatic carbocycles. The number of nitrogens with one attached hydrogen (secondary N) is 1. The molecule has 0 unspecified atom stereocenters. The maximum Gasteiger partial charge on any atom is 0.295 e. The summed E-state index contributed by atoms with van der Waals surface area (Å²) in [5.74, 6) is -2.43. The highest BCUT2D eigenvalue weighted by atomic mass is 19.1. The molecule has 1 aliphatic heterocycles. The number of carbonyl (C=O) groups excluding carboxylic acids is 2. The number of aliphatic hydroxyl groups is 1. The number of halogens is 1. The molecule has 1 atom stereocenters. The van der Waals surface area contributed by atoms with Gasteiger partial charge in [0, 0.05) is 29.2 Å². The highest BCUT2D eigenvalue weighted by Crippen LogP contribution is 2.42. The lowest BCUT2D eigenvalue weighted by Crippen LogP contribution is -2.31. The summed E-state index contributed by atoms with van der Waals surface area (Å²) >= 11 is 0. The van der Waals surface area contributed by atoms with Gasteiger partial charge in [-0.3, -0.25) is 9.59 Å². The molecule has 2 heterocycles. The van der Waals surface area contributed by atoms with Crippen LogP contribution in [0.5, 0.6) is 11.5 Å². The number of amides is 1. The summed E-state index contributed by atoms with van der Waals surface area (Å²) in [6.07, 6.45) is 2.33. The first-order chi connectivity index (χ1) is 17.4. The van der Waals surface area contributed by atoms with Crippen LogP contribution in [0.1, 0.15) is 22.7 Å². The Morgan fingerprint density at radius 3 is 2.58 bits per heavy atom. The van der Waals surface area contributed by atoms with Crippen molar-refractivity contribution in [2.45, 2.75) is 12.5 Å². The third-order valence-corrected chi connectivity index (χ3v) is 6.47. The Morgan fingerprint density at radius 2 is 1.83 bits per heavy atom. The molecule has 0 spiro atoms. The summed E-state index contributed by atoms with van der Waals surface area (Å²) in [7, 11) is 1.39. The highest BCUT2D eigenvalue weighted by molar-refractivity contribution is 6.46. The Hall–Kier alpha value is -4.59.